The molecule has 1 amide bonds. The van der Waals surface area contributed by atoms with Gasteiger partial charge in [0.1, 0.15) is 0 Å². The lowest BCUT2D eigenvalue weighted by Crippen LogP contribution is -2.43. The lowest BCUT2D eigenvalue weighted by atomic mass is 10.0. The highest BCUT2D eigenvalue weighted by Gasteiger charge is 2.23. The largest absolute Gasteiger partial charge is 0.340 e. The molecule has 1 aliphatic rings. The monoisotopic (exact) mass is 310 g/mol. The molecule has 116 valence electrons. The third-order valence-electron chi connectivity index (χ3n) is 3.81. The van der Waals surface area contributed by atoms with E-state index in [1.54, 1.807) is 18.2 Å². The fourth-order valence-electron chi connectivity index (χ4n) is 2.59. The van der Waals surface area contributed by atoms with Crippen molar-refractivity contribution in [3.63, 3.8) is 0 Å². The van der Waals surface area contributed by atoms with Crippen LogP contribution in [0.5, 0.6) is 0 Å². The number of rotatable bonds is 5. The molecular formula is C15H22N2O3S. The van der Waals surface area contributed by atoms with Crippen molar-refractivity contribution in [1.29, 1.82) is 0 Å². The fraction of sp³-hybridized carbons (Fsp3) is 0.533. The highest BCUT2D eigenvalue weighted by molar-refractivity contribution is 7.89. The first-order valence-corrected chi connectivity index (χ1v) is 8.83. The Balaban J connectivity index is 1.85. The van der Waals surface area contributed by atoms with Crippen molar-refractivity contribution in [3.05, 3.63) is 30.3 Å². The molecule has 0 aliphatic carbocycles. The van der Waals surface area contributed by atoms with Gasteiger partial charge in [0, 0.05) is 25.6 Å². The molecule has 1 aromatic carbocycles. The van der Waals surface area contributed by atoms with Gasteiger partial charge in [-0.15, -0.1) is 0 Å². The molecule has 1 heterocycles. The Morgan fingerprint density at radius 1 is 1.29 bits per heavy atom. The molecule has 1 unspecified atom stereocenters. The van der Waals surface area contributed by atoms with Gasteiger partial charge < -0.3 is 4.90 Å². The van der Waals surface area contributed by atoms with Crippen LogP contribution in [0.25, 0.3) is 0 Å². The summed E-state index contributed by atoms with van der Waals surface area (Å²) >= 11 is 0. The third-order valence-corrected chi connectivity index (χ3v) is 5.28. The van der Waals surface area contributed by atoms with Crippen molar-refractivity contribution in [2.24, 2.45) is 0 Å². The van der Waals surface area contributed by atoms with Crippen molar-refractivity contribution >= 4 is 15.9 Å². The molecule has 6 heteroatoms. The van der Waals surface area contributed by atoms with Crippen molar-refractivity contribution < 1.29 is 13.2 Å². The Morgan fingerprint density at radius 3 is 2.67 bits per heavy atom. The molecule has 1 aliphatic heterocycles. The zero-order valence-corrected chi connectivity index (χ0v) is 13.1. The molecule has 0 saturated carbocycles. The molecule has 5 nitrogen and oxygen atoms in total. The molecule has 2 rings (SSSR count). The van der Waals surface area contributed by atoms with Crippen LogP contribution in [-0.2, 0) is 14.8 Å². The second-order valence-corrected chi connectivity index (χ2v) is 7.16. The van der Waals surface area contributed by atoms with Crippen LogP contribution in [0.4, 0.5) is 0 Å². The van der Waals surface area contributed by atoms with Gasteiger partial charge in [0.05, 0.1) is 4.90 Å². The number of benzene rings is 1. The Labute approximate surface area is 126 Å². The maximum absolute atomic E-state index is 12.1. The van der Waals surface area contributed by atoms with Gasteiger partial charge in [0.25, 0.3) is 0 Å². The van der Waals surface area contributed by atoms with Gasteiger partial charge in [-0.3, -0.25) is 4.79 Å². The van der Waals surface area contributed by atoms with Crippen LogP contribution < -0.4 is 4.72 Å². The van der Waals surface area contributed by atoms with Crippen LogP contribution in [-0.4, -0.2) is 38.4 Å². The van der Waals surface area contributed by atoms with Gasteiger partial charge in [0.15, 0.2) is 0 Å². The number of sulfonamides is 1. The van der Waals surface area contributed by atoms with E-state index in [0.717, 1.165) is 25.8 Å². The molecule has 1 saturated heterocycles. The number of amides is 1. The lowest BCUT2D eigenvalue weighted by Gasteiger charge is -2.33. The van der Waals surface area contributed by atoms with Gasteiger partial charge in [0.2, 0.25) is 15.9 Å². The number of carbonyl (C=O) groups is 1. The van der Waals surface area contributed by atoms with Crippen molar-refractivity contribution in [2.45, 2.75) is 43.5 Å². The SMILES string of the molecule is CC1CCCCN1C(=O)CCNS(=O)(=O)c1ccccc1. The Kier molecular flexibility index (Phi) is 5.36. The maximum atomic E-state index is 12.1. The average Bonchev–Trinajstić information content (AvgIpc) is 2.48. The summed E-state index contributed by atoms with van der Waals surface area (Å²) in [6.45, 7) is 2.97. The minimum Gasteiger partial charge on any atom is -0.340 e. The molecule has 21 heavy (non-hydrogen) atoms. The molecule has 1 fully saturated rings. The van der Waals surface area contributed by atoms with E-state index in [2.05, 4.69) is 4.72 Å². The molecule has 0 radical (unpaired) electrons. The number of nitrogens with zero attached hydrogens (tertiary/aromatic N) is 1. The standard InChI is InChI=1S/C15H22N2O3S/c1-13-7-5-6-12-17(13)15(18)10-11-16-21(19,20)14-8-3-2-4-9-14/h2-4,8-9,13,16H,5-7,10-12H2,1H3. The van der Waals surface area contributed by atoms with Crippen LogP contribution in [0.1, 0.15) is 32.6 Å². The summed E-state index contributed by atoms with van der Waals surface area (Å²) in [5.41, 5.74) is 0. The number of hydrogen-bond acceptors (Lipinski definition) is 3. The molecule has 1 atom stereocenters. The summed E-state index contributed by atoms with van der Waals surface area (Å²) in [6.07, 6.45) is 3.43. The van der Waals surface area contributed by atoms with Crippen molar-refractivity contribution in [3.8, 4) is 0 Å². The predicted octanol–water partition coefficient (Wildman–Crippen LogP) is 1.76. The molecule has 1 N–H and O–H groups in total. The Hall–Kier alpha value is -1.40. The summed E-state index contributed by atoms with van der Waals surface area (Å²) in [4.78, 5) is 14.2. The van der Waals surface area contributed by atoms with E-state index >= 15 is 0 Å². The summed E-state index contributed by atoms with van der Waals surface area (Å²) in [5.74, 6) is 0.0259. The first kappa shape index (κ1) is 16.0. The van der Waals surface area contributed by atoms with Gasteiger partial charge in [-0.25, -0.2) is 13.1 Å². The second kappa shape index (κ2) is 7.04. The Bertz CT molecular complexity index is 572. The van der Waals surface area contributed by atoms with Crippen molar-refractivity contribution in [2.75, 3.05) is 13.1 Å². The molecule has 0 aromatic heterocycles. The third kappa shape index (κ3) is 4.28. The van der Waals surface area contributed by atoms with Crippen LogP contribution in [0.3, 0.4) is 0 Å². The van der Waals surface area contributed by atoms with E-state index in [4.69, 9.17) is 0 Å². The van der Waals surface area contributed by atoms with Gasteiger partial charge in [-0.2, -0.15) is 0 Å². The normalized spacial score (nSPS) is 19.5. The van der Waals surface area contributed by atoms with E-state index in [9.17, 15) is 13.2 Å². The first-order valence-electron chi connectivity index (χ1n) is 7.35. The van der Waals surface area contributed by atoms with E-state index in [0.29, 0.717) is 0 Å². The zero-order valence-electron chi connectivity index (χ0n) is 12.3. The number of carbonyl (C=O) groups excluding carboxylic acids is 1. The smallest absolute Gasteiger partial charge is 0.240 e. The zero-order chi connectivity index (χ0) is 15.3. The minimum absolute atomic E-state index is 0.0259. The molecule has 0 spiro atoms. The lowest BCUT2D eigenvalue weighted by molar-refractivity contribution is -0.134. The Morgan fingerprint density at radius 2 is 2.00 bits per heavy atom. The number of piperidine rings is 1. The van der Waals surface area contributed by atoms with Crippen LogP contribution >= 0.6 is 0 Å². The van der Waals surface area contributed by atoms with E-state index in [1.165, 1.54) is 12.1 Å². The van der Waals surface area contributed by atoms with Crippen LogP contribution in [0, 0.1) is 0 Å². The molecule has 0 bridgehead atoms. The summed E-state index contributed by atoms with van der Waals surface area (Å²) in [6, 6.07) is 8.45. The summed E-state index contributed by atoms with van der Waals surface area (Å²) in [7, 11) is -3.52. The summed E-state index contributed by atoms with van der Waals surface area (Å²) < 4.78 is 26.5. The van der Waals surface area contributed by atoms with E-state index in [-0.39, 0.29) is 29.8 Å². The fourth-order valence-corrected chi connectivity index (χ4v) is 3.64. The quantitative estimate of drug-likeness (QED) is 0.901. The molecular weight excluding hydrogens is 288 g/mol. The highest BCUT2D eigenvalue weighted by Crippen LogP contribution is 2.17. The average molecular weight is 310 g/mol. The summed E-state index contributed by atoms with van der Waals surface area (Å²) in [5, 5.41) is 0. The highest BCUT2D eigenvalue weighted by atomic mass is 32.2. The number of nitrogens with one attached hydrogen (secondary N) is 1. The molecule has 1 aromatic rings. The van der Waals surface area contributed by atoms with Crippen LogP contribution in [0.2, 0.25) is 0 Å². The minimum atomic E-state index is -3.52. The van der Waals surface area contributed by atoms with Crippen LogP contribution in [0.15, 0.2) is 35.2 Å². The van der Waals surface area contributed by atoms with E-state index < -0.39 is 10.0 Å². The number of hydrogen-bond donors (Lipinski definition) is 1. The maximum Gasteiger partial charge on any atom is 0.240 e. The van der Waals surface area contributed by atoms with Gasteiger partial charge >= 0.3 is 0 Å². The van der Waals surface area contributed by atoms with Gasteiger partial charge in [-0.05, 0) is 38.3 Å². The van der Waals surface area contributed by atoms with E-state index in [1.807, 2.05) is 11.8 Å². The van der Waals surface area contributed by atoms with Crippen molar-refractivity contribution in [1.82, 2.24) is 9.62 Å². The first-order chi connectivity index (χ1) is 10.0. The topological polar surface area (TPSA) is 66.5 Å². The number of likely N-dealkylation sites (tertiary alicyclic amines) is 1. The second-order valence-electron chi connectivity index (χ2n) is 5.39. The predicted molar refractivity (Wildman–Crippen MR) is 81.3 cm³/mol. The van der Waals surface area contributed by atoms with Gasteiger partial charge in [-0.1, -0.05) is 18.2 Å².